The van der Waals surface area contributed by atoms with Crippen LogP contribution in [0.3, 0.4) is 0 Å². The van der Waals surface area contributed by atoms with E-state index in [1.54, 1.807) is 7.11 Å². The summed E-state index contributed by atoms with van der Waals surface area (Å²) < 4.78 is 11.1. The van der Waals surface area contributed by atoms with Gasteiger partial charge in [-0.05, 0) is 25.0 Å². The summed E-state index contributed by atoms with van der Waals surface area (Å²) in [5, 5.41) is 3.01. The molecule has 0 aliphatic carbocycles. The van der Waals surface area contributed by atoms with Crippen LogP contribution in [0.2, 0.25) is 0 Å². The van der Waals surface area contributed by atoms with Gasteiger partial charge in [0.2, 0.25) is 5.56 Å². The number of nitrogens with one attached hydrogen (secondary N) is 2. The number of ether oxygens (including phenoxy) is 2. The van der Waals surface area contributed by atoms with E-state index < -0.39 is 0 Å². The van der Waals surface area contributed by atoms with Gasteiger partial charge in [-0.25, -0.2) is 0 Å². The van der Waals surface area contributed by atoms with E-state index in [0.29, 0.717) is 25.3 Å². The van der Waals surface area contributed by atoms with Crippen molar-refractivity contribution in [1.29, 1.82) is 0 Å². The number of aromatic amines is 1. The summed E-state index contributed by atoms with van der Waals surface area (Å²) >= 11 is 0. The molecule has 1 saturated heterocycles. The summed E-state index contributed by atoms with van der Waals surface area (Å²) in [6, 6.07) is 10.8. The first-order valence-electron chi connectivity index (χ1n) is 8.33. The van der Waals surface area contributed by atoms with Crippen molar-refractivity contribution in [3.63, 3.8) is 0 Å². The number of para-hydroxylation sites is 1. The summed E-state index contributed by atoms with van der Waals surface area (Å²) in [6.45, 7) is 1.77. The minimum absolute atomic E-state index is 0.211. The van der Waals surface area contributed by atoms with Crippen molar-refractivity contribution in [3.05, 3.63) is 64.1 Å². The molecule has 6 nitrogen and oxygen atoms in total. The van der Waals surface area contributed by atoms with Crippen molar-refractivity contribution in [2.75, 3.05) is 26.9 Å². The predicted molar refractivity (Wildman–Crippen MR) is 94.1 cm³/mol. The Hall–Kier alpha value is -2.60. The van der Waals surface area contributed by atoms with Crippen LogP contribution in [0.25, 0.3) is 0 Å². The second kappa shape index (κ2) is 7.53. The third-order valence-corrected chi connectivity index (χ3v) is 4.76. The van der Waals surface area contributed by atoms with Crippen LogP contribution in [0, 0.1) is 0 Å². The lowest BCUT2D eigenvalue weighted by Crippen LogP contribution is -2.44. The lowest BCUT2D eigenvalue weighted by molar-refractivity contribution is 0.0479. The molecule has 1 amide bonds. The minimum Gasteiger partial charge on any atom is -0.496 e. The molecule has 1 aromatic heterocycles. The highest BCUT2D eigenvalue weighted by molar-refractivity contribution is 5.93. The number of hydrogen-bond acceptors (Lipinski definition) is 4. The lowest BCUT2D eigenvalue weighted by atomic mass is 9.73. The Kier molecular flexibility index (Phi) is 5.19. The number of carbonyl (C=O) groups is 1. The summed E-state index contributed by atoms with van der Waals surface area (Å²) in [4.78, 5) is 26.1. The molecule has 0 unspecified atom stereocenters. The summed E-state index contributed by atoms with van der Waals surface area (Å²) in [7, 11) is 1.66. The van der Waals surface area contributed by atoms with Gasteiger partial charge < -0.3 is 19.8 Å². The molecule has 1 aliphatic rings. The monoisotopic (exact) mass is 342 g/mol. The van der Waals surface area contributed by atoms with Crippen LogP contribution in [0.1, 0.15) is 28.8 Å². The first kappa shape index (κ1) is 17.2. The fourth-order valence-corrected chi connectivity index (χ4v) is 3.29. The molecule has 25 heavy (non-hydrogen) atoms. The van der Waals surface area contributed by atoms with Crippen molar-refractivity contribution >= 4 is 5.91 Å². The molecular formula is C19H22N2O4. The van der Waals surface area contributed by atoms with Gasteiger partial charge in [-0.15, -0.1) is 0 Å². The van der Waals surface area contributed by atoms with Crippen molar-refractivity contribution in [2.45, 2.75) is 18.3 Å². The van der Waals surface area contributed by atoms with E-state index in [0.717, 1.165) is 24.2 Å². The molecule has 1 aliphatic heterocycles. The molecule has 132 valence electrons. The number of H-pyrrole nitrogens is 1. The van der Waals surface area contributed by atoms with Gasteiger partial charge in [0.15, 0.2) is 0 Å². The van der Waals surface area contributed by atoms with E-state index >= 15 is 0 Å². The van der Waals surface area contributed by atoms with Crippen molar-refractivity contribution < 1.29 is 14.3 Å². The average Bonchev–Trinajstić information content (AvgIpc) is 2.67. The van der Waals surface area contributed by atoms with Gasteiger partial charge in [-0.3, -0.25) is 9.59 Å². The van der Waals surface area contributed by atoms with E-state index in [1.165, 1.54) is 18.3 Å². The second-order valence-corrected chi connectivity index (χ2v) is 6.22. The first-order valence-corrected chi connectivity index (χ1v) is 8.33. The second-order valence-electron chi connectivity index (χ2n) is 6.22. The van der Waals surface area contributed by atoms with Crippen LogP contribution in [0.4, 0.5) is 0 Å². The van der Waals surface area contributed by atoms with E-state index in [4.69, 9.17) is 9.47 Å². The summed E-state index contributed by atoms with van der Waals surface area (Å²) in [5.74, 6) is 0.611. The van der Waals surface area contributed by atoms with Crippen LogP contribution >= 0.6 is 0 Å². The Bertz CT molecular complexity index is 774. The van der Waals surface area contributed by atoms with E-state index in [-0.39, 0.29) is 16.9 Å². The number of aromatic nitrogens is 1. The normalized spacial score (nSPS) is 16.2. The number of benzene rings is 1. The van der Waals surface area contributed by atoms with Gasteiger partial charge in [0.25, 0.3) is 5.91 Å². The Morgan fingerprint density at radius 2 is 2.00 bits per heavy atom. The molecule has 1 aromatic carbocycles. The fraction of sp³-hybridized carbons (Fsp3) is 0.368. The SMILES string of the molecule is COc1ccccc1C1(CNC(=O)c2ccc(=O)[nH]c2)CCOCC1. The van der Waals surface area contributed by atoms with E-state index in [1.807, 2.05) is 18.2 Å². The highest BCUT2D eigenvalue weighted by atomic mass is 16.5. The quantitative estimate of drug-likeness (QED) is 0.869. The third-order valence-electron chi connectivity index (χ3n) is 4.76. The number of rotatable bonds is 5. The number of carbonyl (C=O) groups excluding carboxylic acids is 1. The molecule has 0 bridgehead atoms. The van der Waals surface area contributed by atoms with Crippen LogP contribution in [0.15, 0.2) is 47.4 Å². The molecule has 0 atom stereocenters. The highest BCUT2D eigenvalue weighted by Crippen LogP contribution is 2.39. The zero-order valence-electron chi connectivity index (χ0n) is 14.2. The zero-order valence-corrected chi connectivity index (χ0v) is 14.2. The molecule has 2 N–H and O–H groups in total. The van der Waals surface area contributed by atoms with Gasteiger partial charge in [0.05, 0.1) is 12.7 Å². The van der Waals surface area contributed by atoms with Crippen molar-refractivity contribution in [2.24, 2.45) is 0 Å². The molecule has 2 aromatic rings. The molecule has 1 fully saturated rings. The Morgan fingerprint density at radius 1 is 1.24 bits per heavy atom. The molecule has 0 spiro atoms. The Labute approximate surface area is 146 Å². The number of methoxy groups -OCH3 is 1. The van der Waals surface area contributed by atoms with Crippen LogP contribution in [-0.4, -0.2) is 37.8 Å². The molecular weight excluding hydrogens is 320 g/mol. The molecule has 2 heterocycles. The third kappa shape index (κ3) is 3.74. The van der Waals surface area contributed by atoms with Crippen LogP contribution < -0.4 is 15.6 Å². The van der Waals surface area contributed by atoms with Gasteiger partial charge >= 0.3 is 0 Å². The number of pyridine rings is 1. The van der Waals surface area contributed by atoms with Gasteiger partial charge in [-0.2, -0.15) is 0 Å². The zero-order chi connectivity index (χ0) is 17.7. The average molecular weight is 342 g/mol. The van der Waals surface area contributed by atoms with Gasteiger partial charge in [0, 0.05) is 43.0 Å². The van der Waals surface area contributed by atoms with Crippen molar-refractivity contribution in [3.8, 4) is 5.75 Å². The highest BCUT2D eigenvalue weighted by Gasteiger charge is 2.37. The smallest absolute Gasteiger partial charge is 0.252 e. The first-order chi connectivity index (χ1) is 12.1. The molecule has 0 radical (unpaired) electrons. The summed E-state index contributed by atoms with van der Waals surface area (Å²) in [5.41, 5.74) is 1.05. The summed E-state index contributed by atoms with van der Waals surface area (Å²) in [6.07, 6.45) is 3.04. The van der Waals surface area contributed by atoms with E-state index in [9.17, 15) is 9.59 Å². The maximum atomic E-state index is 12.4. The Morgan fingerprint density at radius 3 is 2.68 bits per heavy atom. The lowest BCUT2D eigenvalue weighted by Gasteiger charge is -2.38. The fourth-order valence-electron chi connectivity index (χ4n) is 3.29. The van der Waals surface area contributed by atoms with E-state index in [2.05, 4.69) is 16.4 Å². The van der Waals surface area contributed by atoms with Crippen LogP contribution in [0.5, 0.6) is 5.75 Å². The van der Waals surface area contributed by atoms with Crippen molar-refractivity contribution in [1.82, 2.24) is 10.3 Å². The maximum Gasteiger partial charge on any atom is 0.252 e. The van der Waals surface area contributed by atoms with Gasteiger partial charge in [-0.1, -0.05) is 18.2 Å². The number of hydrogen-bond donors (Lipinski definition) is 2. The largest absolute Gasteiger partial charge is 0.496 e. The maximum absolute atomic E-state index is 12.4. The Balaban J connectivity index is 1.82. The standard InChI is InChI=1S/C19H22N2O4/c1-24-16-5-3-2-4-15(16)19(8-10-25-11-9-19)13-21-18(23)14-6-7-17(22)20-12-14/h2-7,12H,8-11,13H2,1H3,(H,20,22)(H,21,23). The predicted octanol–water partition coefficient (Wildman–Crippen LogP) is 1.86. The molecule has 0 saturated carbocycles. The molecule has 6 heteroatoms. The topological polar surface area (TPSA) is 80.4 Å². The number of amides is 1. The van der Waals surface area contributed by atoms with Gasteiger partial charge in [0.1, 0.15) is 5.75 Å². The minimum atomic E-state index is -0.233. The molecule has 3 rings (SSSR count). The van der Waals surface area contributed by atoms with Crippen LogP contribution in [-0.2, 0) is 10.2 Å².